The second-order valence-corrected chi connectivity index (χ2v) is 4.62. The van der Waals surface area contributed by atoms with Crippen LogP contribution < -0.4 is 16.8 Å². The molecule has 0 bridgehead atoms. The van der Waals surface area contributed by atoms with Gasteiger partial charge in [-0.1, -0.05) is 6.42 Å². The molecular formula is C12H18N4O. The lowest BCUT2D eigenvalue weighted by molar-refractivity contribution is 0.0995. The van der Waals surface area contributed by atoms with Gasteiger partial charge in [0.05, 0.1) is 5.69 Å². The highest BCUT2D eigenvalue weighted by Crippen LogP contribution is 2.31. The summed E-state index contributed by atoms with van der Waals surface area (Å²) in [5.41, 5.74) is 11.8. The van der Waals surface area contributed by atoms with Crippen LogP contribution >= 0.6 is 0 Å². The van der Waals surface area contributed by atoms with E-state index in [1.165, 1.54) is 25.3 Å². The average molecular weight is 234 g/mol. The summed E-state index contributed by atoms with van der Waals surface area (Å²) < 4.78 is 0. The predicted octanol–water partition coefficient (Wildman–Crippen LogP) is 1.36. The van der Waals surface area contributed by atoms with Gasteiger partial charge in [0.25, 0.3) is 5.91 Å². The number of pyridine rings is 1. The molecule has 0 radical (unpaired) electrons. The van der Waals surface area contributed by atoms with Gasteiger partial charge in [0.15, 0.2) is 0 Å². The molecule has 0 aliphatic heterocycles. The van der Waals surface area contributed by atoms with E-state index < -0.39 is 5.91 Å². The van der Waals surface area contributed by atoms with E-state index in [-0.39, 0.29) is 5.69 Å². The number of nitrogens with two attached hydrogens (primary N) is 2. The highest BCUT2D eigenvalue weighted by Gasteiger charge is 2.24. The Bertz CT molecular complexity index is 429. The first-order valence-electron chi connectivity index (χ1n) is 5.91. The summed E-state index contributed by atoms with van der Waals surface area (Å²) >= 11 is 0. The molecule has 1 heterocycles. The lowest BCUT2D eigenvalue weighted by Crippen LogP contribution is -2.31. The van der Waals surface area contributed by atoms with Gasteiger partial charge in [-0.3, -0.25) is 4.79 Å². The van der Waals surface area contributed by atoms with Crippen LogP contribution in [-0.2, 0) is 0 Å². The highest BCUT2D eigenvalue weighted by atomic mass is 16.1. The van der Waals surface area contributed by atoms with E-state index >= 15 is 0 Å². The van der Waals surface area contributed by atoms with Gasteiger partial charge < -0.3 is 16.8 Å². The molecule has 1 unspecified atom stereocenters. The van der Waals surface area contributed by atoms with Crippen molar-refractivity contribution in [3.63, 3.8) is 0 Å². The van der Waals surface area contributed by atoms with Crippen molar-refractivity contribution in [2.45, 2.75) is 32.2 Å². The number of amides is 1. The van der Waals surface area contributed by atoms with Crippen LogP contribution in [0.3, 0.4) is 0 Å². The second-order valence-electron chi connectivity index (χ2n) is 4.62. The molecule has 0 spiro atoms. The molecule has 1 aliphatic rings. The number of nitrogens with zero attached hydrogens (tertiary/aromatic N) is 1. The number of rotatable bonds is 4. The Labute approximate surface area is 101 Å². The zero-order chi connectivity index (χ0) is 12.4. The van der Waals surface area contributed by atoms with E-state index in [1.807, 2.05) is 0 Å². The number of anilines is 2. The van der Waals surface area contributed by atoms with Crippen LogP contribution in [0, 0.1) is 5.92 Å². The molecule has 17 heavy (non-hydrogen) atoms. The number of carbonyl (C=O) groups excluding carboxylic acids is 1. The van der Waals surface area contributed by atoms with E-state index in [4.69, 9.17) is 11.5 Å². The van der Waals surface area contributed by atoms with E-state index in [0.29, 0.717) is 23.5 Å². The first-order valence-corrected chi connectivity index (χ1v) is 5.91. The van der Waals surface area contributed by atoms with Gasteiger partial charge in [-0.2, -0.15) is 0 Å². The summed E-state index contributed by atoms with van der Waals surface area (Å²) in [4.78, 5) is 15.2. The van der Waals surface area contributed by atoms with E-state index in [0.717, 1.165) is 0 Å². The van der Waals surface area contributed by atoms with Crippen LogP contribution in [0.5, 0.6) is 0 Å². The summed E-state index contributed by atoms with van der Waals surface area (Å²) in [6.07, 6.45) is 3.77. The van der Waals surface area contributed by atoms with Crippen LogP contribution in [0.1, 0.15) is 36.7 Å². The topological polar surface area (TPSA) is 94.0 Å². The van der Waals surface area contributed by atoms with Gasteiger partial charge in [-0.05, 0) is 37.8 Å². The fourth-order valence-corrected chi connectivity index (χ4v) is 2.00. The van der Waals surface area contributed by atoms with Crippen molar-refractivity contribution in [3.8, 4) is 0 Å². The summed E-state index contributed by atoms with van der Waals surface area (Å²) in [5, 5.41) is 3.26. The van der Waals surface area contributed by atoms with E-state index in [1.54, 1.807) is 6.07 Å². The lowest BCUT2D eigenvalue weighted by Gasteiger charge is -2.32. The van der Waals surface area contributed by atoms with E-state index in [2.05, 4.69) is 17.2 Å². The second kappa shape index (κ2) is 4.61. The first kappa shape index (κ1) is 11.7. The quantitative estimate of drug-likeness (QED) is 0.733. The minimum absolute atomic E-state index is 0.238. The molecule has 92 valence electrons. The monoisotopic (exact) mass is 234 g/mol. The van der Waals surface area contributed by atoms with Crippen molar-refractivity contribution in [1.82, 2.24) is 4.98 Å². The number of primary amides is 1. The Morgan fingerprint density at radius 2 is 2.24 bits per heavy atom. The molecule has 1 saturated carbocycles. The molecule has 1 fully saturated rings. The number of hydrogen-bond donors (Lipinski definition) is 3. The number of aromatic nitrogens is 1. The minimum Gasteiger partial charge on any atom is -0.396 e. The fourth-order valence-electron chi connectivity index (χ4n) is 2.00. The Hall–Kier alpha value is -1.78. The van der Waals surface area contributed by atoms with Crippen LogP contribution in [0.15, 0.2) is 12.1 Å². The third-order valence-corrected chi connectivity index (χ3v) is 3.40. The minimum atomic E-state index is -0.538. The van der Waals surface area contributed by atoms with E-state index in [9.17, 15) is 4.79 Å². The normalized spacial score (nSPS) is 17.2. The fraction of sp³-hybridized carbons (Fsp3) is 0.500. The molecule has 0 saturated heterocycles. The number of nitrogen functional groups attached to an aromatic ring is 1. The maximum absolute atomic E-state index is 11.0. The molecule has 1 amide bonds. The highest BCUT2D eigenvalue weighted by molar-refractivity contribution is 5.91. The zero-order valence-electron chi connectivity index (χ0n) is 9.94. The van der Waals surface area contributed by atoms with Gasteiger partial charge in [-0.25, -0.2) is 4.98 Å². The molecule has 5 heteroatoms. The molecule has 5 nitrogen and oxygen atoms in total. The van der Waals surface area contributed by atoms with Crippen molar-refractivity contribution in [2.75, 3.05) is 11.1 Å². The molecule has 1 aromatic heterocycles. The van der Waals surface area contributed by atoms with Crippen LogP contribution in [0.25, 0.3) is 0 Å². The van der Waals surface area contributed by atoms with Crippen LogP contribution in [0.4, 0.5) is 11.5 Å². The Kier molecular flexibility index (Phi) is 3.17. The maximum Gasteiger partial charge on any atom is 0.267 e. The first-order chi connectivity index (χ1) is 8.08. The summed E-state index contributed by atoms with van der Waals surface area (Å²) in [5.74, 6) is 0.693. The molecule has 0 aromatic carbocycles. The molecule has 2 rings (SSSR count). The van der Waals surface area contributed by atoms with Crippen molar-refractivity contribution in [2.24, 2.45) is 11.7 Å². The number of nitrogens with one attached hydrogen (secondary N) is 1. The molecular weight excluding hydrogens is 216 g/mol. The van der Waals surface area contributed by atoms with Crippen LogP contribution in [0.2, 0.25) is 0 Å². The van der Waals surface area contributed by atoms with Gasteiger partial charge in [-0.15, -0.1) is 0 Å². The summed E-state index contributed by atoms with van der Waals surface area (Å²) in [6, 6.07) is 3.52. The molecule has 1 aromatic rings. The average Bonchev–Trinajstić information content (AvgIpc) is 2.18. The number of hydrogen-bond acceptors (Lipinski definition) is 4. The Balaban J connectivity index is 2.13. The van der Waals surface area contributed by atoms with Crippen molar-refractivity contribution < 1.29 is 4.79 Å². The molecule has 1 atom stereocenters. The van der Waals surface area contributed by atoms with Gasteiger partial charge in [0.2, 0.25) is 0 Å². The third-order valence-electron chi connectivity index (χ3n) is 3.40. The molecule has 5 N–H and O–H groups in total. The smallest absolute Gasteiger partial charge is 0.267 e. The Morgan fingerprint density at radius 3 is 2.76 bits per heavy atom. The SMILES string of the molecule is CC(Nc1nc(C(N)=O)ccc1N)C1CCC1. The van der Waals surface area contributed by atoms with Gasteiger partial charge in [0, 0.05) is 6.04 Å². The van der Waals surface area contributed by atoms with Crippen molar-refractivity contribution >= 4 is 17.4 Å². The summed E-state index contributed by atoms with van der Waals surface area (Å²) in [7, 11) is 0. The maximum atomic E-state index is 11.0. The molecule has 1 aliphatic carbocycles. The van der Waals surface area contributed by atoms with Crippen molar-refractivity contribution in [1.29, 1.82) is 0 Å². The third kappa shape index (κ3) is 2.49. The van der Waals surface area contributed by atoms with Gasteiger partial charge >= 0.3 is 0 Å². The zero-order valence-corrected chi connectivity index (χ0v) is 9.94. The largest absolute Gasteiger partial charge is 0.396 e. The van der Waals surface area contributed by atoms with Crippen LogP contribution in [-0.4, -0.2) is 16.9 Å². The summed E-state index contributed by atoms with van der Waals surface area (Å²) in [6.45, 7) is 2.11. The van der Waals surface area contributed by atoms with Gasteiger partial charge in [0.1, 0.15) is 11.5 Å². The standard InChI is InChI=1S/C12H18N4O/c1-7(8-3-2-4-8)15-12-9(13)5-6-10(16-12)11(14)17/h5-8H,2-4,13H2,1H3,(H2,14,17)(H,15,16). The van der Waals surface area contributed by atoms with Crippen molar-refractivity contribution in [3.05, 3.63) is 17.8 Å². The Morgan fingerprint density at radius 1 is 1.53 bits per heavy atom. The lowest BCUT2D eigenvalue weighted by atomic mass is 9.80. The number of carbonyl (C=O) groups is 1. The predicted molar refractivity (Wildman–Crippen MR) is 67.6 cm³/mol.